The van der Waals surface area contributed by atoms with Crippen LogP contribution in [0.3, 0.4) is 0 Å². The van der Waals surface area contributed by atoms with E-state index in [0.717, 1.165) is 13.0 Å². The molecule has 0 amide bonds. The lowest BCUT2D eigenvalue weighted by atomic mass is 10.1. The van der Waals surface area contributed by atoms with E-state index in [1.54, 1.807) is 0 Å². The number of hydrogen-bond donors (Lipinski definition) is 2. The summed E-state index contributed by atoms with van der Waals surface area (Å²) in [5.74, 6) is 0. The maximum absolute atomic E-state index is 8.90. The van der Waals surface area contributed by atoms with Gasteiger partial charge in [-0.05, 0) is 44.9 Å². The summed E-state index contributed by atoms with van der Waals surface area (Å²) >= 11 is 0. The first kappa shape index (κ1) is 15.0. The van der Waals surface area contributed by atoms with Crippen LogP contribution in [0.2, 0.25) is 0 Å². The summed E-state index contributed by atoms with van der Waals surface area (Å²) in [5.41, 5.74) is 2.53. The molecule has 0 radical (unpaired) electrons. The summed E-state index contributed by atoms with van der Waals surface area (Å²) < 4.78 is 0. The van der Waals surface area contributed by atoms with Crippen LogP contribution in [0.25, 0.3) is 0 Å². The van der Waals surface area contributed by atoms with Crippen LogP contribution in [0.15, 0.2) is 24.3 Å². The van der Waals surface area contributed by atoms with E-state index in [9.17, 15) is 0 Å². The fraction of sp³-hybridized carbons (Fsp3) is 0.600. The van der Waals surface area contributed by atoms with Crippen molar-refractivity contribution in [2.75, 3.05) is 25.1 Å². The average Bonchev–Trinajstić information content (AvgIpc) is 2.38. The van der Waals surface area contributed by atoms with Crippen molar-refractivity contribution in [1.29, 1.82) is 0 Å². The molecule has 1 aromatic rings. The summed E-state index contributed by atoms with van der Waals surface area (Å²) in [5, 5.41) is 12.4. The normalized spacial score (nSPS) is 14.3. The number of aliphatic hydroxyl groups excluding tert-OH is 1. The Balaban J connectivity index is 2.61. The number of aliphatic hydroxyl groups is 1. The second-order valence-corrected chi connectivity index (χ2v) is 4.91. The van der Waals surface area contributed by atoms with Gasteiger partial charge in [0, 0.05) is 38.0 Å². The molecule has 3 nitrogen and oxygen atoms in total. The third-order valence-corrected chi connectivity index (χ3v) is 3.40. The molecule has 1 rings (SSSR count). The molecule has 18 heavy (non-hydrogen) atoms. The maximum Gasteiger partial charge on any atom is 0.0445 e. The van der Waals surface area contributed by atoms with Gasteiger partial charge in [0.15, 0.2) is 0 Å². The van der Waals surface area contributed by atoms with E-state index >= 15 is 0 Å². The van der Waals surface area contributed by atoms with Crippen molar-refractivity contribution >= 4 is 5.69 Å². The van der Waals surface area contributed by atoms with Gasteiger partial charge < -0.3 is 15.3 Å². The molecule has 0 aliphatic carbocycles. The van der Waals surface area contributed by atoms with Crippen molar-refractivity contribution in [2.45, 2.75) is 39.3 Å². The smallest absolute Gasteiger partial charge is 0.0445 e. The minimum atomic E-state index is 0.237. The van der Waals surface area contributed by atoms with Gasteiger partial charge in [0.25, 0.3) is 0 Å². The molecule has 1 aromatic carbocycles. The maximum atomic E-state index is 8.90. The van der Waals surface area contributed by atoms with Crippen molar-refractivity contribution in [2.24, 2.45) is 0 Å². The van der Waals surface area contributed by atoms with Crippen molar-refractivity contribution in [1.82, 2.24) is 5.32 Å². The van der Waals surface area contributed by atoms with Gasteiger partial charge in [0.1, 0.15) is 0 Å². The van der Waals surface area contributed by atoms with E-state index in [0.29, 0.717) is 12.1 Å². The molecule has 0 bridgehead atoms. The lowest BCUT2D eigenvalue weighted by Gasteiger charge is -2.21. The Kier molecular flexibility index (Phi) is 6.16. The third-order valence-electron chi connectivity index (χ3n) is 3.40. The Bertz CT molecular complexity index is 337. The molecular formula is C15H26N2O. The van der Waals surface area contributed by atoms with Gasteiger partial charge in [0.05, 0.1) is 0 Å². The predicted octanol–water partition coefficient (Wildman–Crippen LogP) is 2.56. The Morgan fingerprint density at radius 1 is 1.22 bits per heavy atom. The molecule has 0 aliphatic heterocycles. The minimum Gasteiger partial charge on any atom is -0.396 e. The van der Waals surface area contributed by atoms with Crippen LogP contribution >= 0.6 is 0 Å². The fourth-order valence-corrected chi connectivity index (χ4v) is 2.00. The second-order valence-electron chi connectivity index (χ2n) is 4.91. The van der Waals surface area contributed by atoms with Gasteiger partial charge in [-0.25, -0.2) is 0 Å². The minimum absolute atomic E-state index is 0.237. The van der Waals surface area contributed by atoms with Crippen molar-refractivity contribution < 1.29 is 5.11 Å². The van der Waals surface area contributed by atoms with E-state index in [4.69, 9.17) is 5.11 Å². The average molecular weight is 250 g/mol. The zero-order chi connectivity index (χ0) is 13.5. The highest BCUT2D eigenvalue weighted by atomic mass is 16.3. The van der Waals surface area contributed by atoms with E-state index in [1.165, 1.54) is 11.3 Å². The monoisotopic (exact) mass is 250 g/mol. The lowest BCUT2D eigenvalue weighted by Crippen LogP contribution is -2.29. The Labute approximate surface area is 111 Å². The third kappa shape index (κ3) is 4.31. The van der Waals surface area contributed by atoms with Crippen molar-refractivity contribution in [3.05, 3.63) is 29.8 Å². The van der Waals surface area contributed by atoms with Gasteiger partial charge >= 0.3 is 0 Å². The molecule has 0 aromatic heterocycles. The highest BCUT2D eigenvalue weighted by Crippen LogP contribution is 2.18. The first-order valence-electron chi connectivity index (χ1n) is 6.76. The summed E-state index contributed by atoms with van der Waals surface area (Å²) in [4.78, 5) is 2.22. The van der Waals surface area contributed by atoms with E-state index < -0.39 is 0 Å². The molecule has 0 fully saturated rings. The SMILES string of the molecule is CCN(C)c1ccc(C(C)N[C@H](C)CCO)cc1. The first-order valence-corrected chi connectivity index (χ1v) is 6.76. The Morgan fingerprint density at radius 3 is 2.33 bits per heavy atom. The van der Waals surface area contributed by atoms with Gasteiger partial charge in [-0.2, -0.15) is 0 Å². The highest BCUT2D eigenvalue weighted by Gasteiger charge is 2.09. The summed E-state index contributed by atoms with van der Waals surface area (Å²) in [7, 11) is 2.10. The Hall–Kier alpha value is -1.06. The van der Waals surface area contributed by atoms with Crippen molar-refractivity contribution in [3.63, 3.8) is 0 Å². The van der Waals surface area contributed by atoms with Crippen LogP contribution < -0.4 is 10.2 Å². The molecule has 0 aliphatic rings. The Morgan fingerprint density at radius 2 is 1.83 bits per heavy atom. The summed E-state index contributed by atoms with van der Waals surface area (Å²) in [6.45, 7) is 7.66. The molecule has 0 saturated heterocycles. The number of hydrogen-bond acceptors (Lipinski definition) is 3. The summed E-state index contributed by atoms with van der Waals surface area (Å²) in [6.07, 6.45) is 0.793. The van der Waals surface area contributed by atoms with Crippen LogP contribution in [0.1, 0.15) is 38.8 Å². The predicted molar refractivity (Wildman–Crippen MR) is 78.1 cm³/mol. The topological polar surface area (TPSA) is 35.5 Å². The molecule has 3 heteroatoms. The first-order chi connectivity index (χ1) is 8.58. The van der Waals surface area contributed by atoms with Crippen LogP contribution in [0.5, 0.6) is 0 Å². The van der Waals surface area contributed by atoms with Crippen LogP contribution in [-0.4, -0.2) is 31.3 Å². The van der Waals surface area contributed by atoms with Crippen LogP contribution in [-0.2, 0) is 0 Å². The molecule has 0 spiro atoms. The van der Waals surface area contributed by atoms with E-state index in [2.05, 4.69) is 62.3 Å². The zero-order valence-electron chi connectivity index (χ0n) is 12.0. The molecule has 0 heterocycles. The largest absolute Gasteiger partial charge is 0.396 e. The van der Waals surface area contributed by atoms with Gasteiger partial charge in [-0.15, -0.1) is 0 Å². The highest BCUT2D eigenvalue weighted by molar-refractivity contribution is 5.47. The quantitative estimate of drug-likeness (QED) is 0.780. The number of nitrogens with zero attached hydrogens (tertiary/aromatic N) is 1. The molecule has 102 valence electrons. The van der Waals surface area contributed by atoms with Crippen LogP contribution in [0.4, 0.5) is 5.69 Å². The summed E-state index contributed by atoms with van der Waals surface area (Å²) in [6, 6.07) is 9.31. The van der Waals surface area contributed by atoms with Crippen molar-refractivity contribution in [3.8, 4) is 0 Å². The number of anilines is 1. The van der Waals surface area contributed by atoms with Gasteiger partial charge in [-0.1, -0.05) is 12.1 Å². The molecule has 0 saturated carbocycles. The second kappa shape index (κ2) is 7.39. The zero-order valence-corrected chi connectivity index (χ0v) is 12.0. The number of nitrogens with one attached hydrogen (secondary N) is 1. The lowest BCUT2D eigenvalue weighted by molar-refractivity contribution is 0.264. The molecule has 2 N–H and O–H groups in total. The van der Waals surface area contributed by atoms with Gasteiger partial charge in [-0.3, -0.25) is 0 Å². The molecule has 1 unspecified atom stereocenters. The number of benzene rings is 1. The van der Waals surface area contributed by atoms with Crippen LogP contribution in [0, 0.1) is 0 Å². The molecular weight excluding hydrogens is 224 g/mol. The van der Waals surface area contributed by atoms with Gasteiger partial charge in [0.2, 0.25) is 0 Å². The fourth-order valence-electron chi connectivity index (χ4n) is 2.00. The standard InChI is InChI=1S/C15H26N2O/c1-5-17(4)15-8-6-14(7-9-15)13(3)16-12(2)10-11-18/h6-9,12-13,16,18H,5,10-11H2,1-4H3/t12-,13?/m1/s1. The van der Waals surface area contributed by atoms with E-state index in [1.807, 2.05) is 0 Å². The van der Waals surface area contributed by atoms with E-state index in [-0.39, 0.29) is 6.61 Å². The number of rotatable bonds is 7. The molecule has 2 atom stereocenters.